The van der Waals surface area contributed by atoms with E-state index in [9.17, 15) is 14.4 Å². The fourth-order valence-electron chi connectivity index (χ4n) is 1.50. The molecule has 1 aromatic heterocycles. The number of nitrogens with zero attached hydrogens (tertiary/aromatic N) is 1. The first-order valence-corrected chi connectivity index (χ1v) is 6.79. The highest BCUT2D eigenvalue weighted by Gasteiger charge is 2.23. The highest BCUT2D eigenvalue weighted by Crippen LogP contribution is 2.18. The first-order chi connectivity index (χ1) is 9.43. The van der Waals surface area contributed by atoms with Crippen LogP contribution in [0.15, 0.2) is 11.6 Å². The molecule has 0 saturated heterocycles. The van der Waals surface area contributed by atoms with Gasteiger partial charge in [0.1, 0.15) is 11.0 Å². The van der Waals surface area contributed by atoms with Crippen LogP contribution >= 0.6 is 11.3 Å². The summed E-state index contributed by atoms with van der Waals surface area (Å²) in [6.45, 7) is 1.87. The van der Waals surface area contributed by atoms with Gasteiger partial charge in [-0.1, -0.05) is 6.92 Å². The van der Waals surface area contributed by atoms with Crippen molar-refractivity contribution in [2.45, 2.75) is 31.8 Å². The number of hydrogen-bond donors (Lipinski definition) is 4. The molecule has 1 aromatic rings. The van der Waals surface area contributed by atoms with Gasteiger partial charge in [-0.25, -0.2) is 14.6 Å². The summed E-state index contributed by atoms with van der Waals surface area (Å²) in [5.74, 6) is -2.12. The standard InChI is InChI=1S/C11H16N4O4S/c1-2-6(9-13-3-4-20-9)14-11(19)15-7(10(17)18)5-8(12)16/h3-4,6-7H,2,5H2,1H3,(H2,12,16)(H,17,18)(H2,14,15,19)/t6?,7-/m1/s1. The summed E-state index contributed by atoms with van der Waals surface area (Å²) in [6, 6.07) is -2.33. The van der Waals surface area contributed by atoms with Gasteiger partial charge in [-0.2, -0.15) is 0 Å². The third kappa shape index (κ3) is 4.84. The minimum atomic E-state index is -1.35. The number of carboxylic acids is 1. The van der Waals surface area contributed by atoms with Crippen molar-refractivity contribution in [1.29, 1.82) is 0 Å². The molecule has 9 heteroatoms. The molecule has 8 nitrogen and oxygen atoms in total. The summed E-state index contributed by atoms with van der Waals surface area (Å²) in [5, 5.41) is 16.2. The monoisotopic (exact) mass is 300 g/mol. The zero-order valence-corrected chi connectivity index (χ0v) is 11.6. The van der Waals surface area contributed by atoms with Crippen molar-refractivity contribution in [2.75, 3.05) is 0 Å². The SMILES string of the molecule is CCC(NC(=O)N[C@H](CC(N)=O)C(=O)O)c1nccs1. The van der Waals surface area contributed by atoms with Gasteiger partial charge < -0.3 is 21.5 Å². The van der Waals surface area contributed by atoms with E-state index in [1.807, 2.05) is 6.92 Å². The third-order valence-corrected chi connectivity index (χ3v) is 3.36. The van der Waals surface area contributed by atoms with Crippen LogP contribution in [0.1, 0.15) is 30.8 Å². The summed E-state index contributed by atoms with van der Waals surface area (Å²) in [7, 11) is 0. The number of carbonyl (C=O) groups excluding carboxylic acids is 2. The molecule has 5 N–H and O–H groups in total. The Morgan fingerprint density at radius 2 is 2.15 bits per heavy atom. The molecule has 0 aliphatic heterocycles. The Morgan fingerprint density at radius 3 is 2.60 bits per heavy atom. The van der Waals surface area contributed by atoms with Gasteiger partial charge in [0, 0.05) is 11.6 Å². The molecular formula is C11H16N4O4S. The largest absolute Gasteiger partial charge is 0.480 e. The van der Waals surface area contributed by atoms with E-state index >= 15 is 0 Å². The number of thiazole rings is 1. The Balaban J connectivity index is 2.60. The highest BCUT2D eigenvalue weighted by atomic mass is 32.1. The molecular weight excluding hydrogens is 284 g/mol. The second kappa shape index (κ2) is 7.43. The summed E-state index contributed by atoms with van der Waals surface area (Å²) in [5.41, 5.74) is 4.93. The molecule has 1 rings (SSSR count). The van der Waals surface area contributed by atoms with Crippen molar-refractivity contribution < 1.29 is 19.5 Å². The fraction of sp³-hybridized carbons (Fsp3) is 0.455. The van der Waals surface area contributed by atoms with E-state index in [2.05, 4.69) is 15.6 Å². The van der Waals surface area contributed by atoms with Crippen molar-refractivity contribution in [3.8, 4) is 0 Å². The lowest BCUT2D eigenvalue weighted by atomic mass is 10.2. The van der Waals surface area contributed by atoms with Gasteiger partial charge in [0.2, 0.25) is 5.91 Å². The van der Waals surface area contributed by atoms with Gasteiger partial charge in [-0.3, -0.25) is 4.79 Å². The Morgan fingerprint density at radius 1 is 1.45 bits per heavy atom. The van der Waals surface area contributed by atoms with Crippen LogP contribution in [0.4, 0.5) is 4.79 Å². The maximum atomic E-state index is 11.7. The zero-order valence-electron chi connectivity index (χ0n) is 10.8. The van der Waals surface area contributed by atoms with Crippen LogP contribution < -0.4 is 16.4 Å². The number of rotatable bonds is 7. The fourth-order valence-corrected chi connectivity index (χ4v) is 2.28. The van der Waals surface area contributed by atoms with E-state index in [0.717, 1.165) is 5.01 Å². The molecule has 1 heterocycles. The van der Waals surface area contributed by atoms with Gasteiger partial charge in [-0.15, -0.1) is 11.3 Å². The van der Waals surface area contributed by atoms with Crippen LogP contribution in [0.5, 0.6) is 0 Å². The molecule has 0 aliphatic carbocycles. The molecule has 0 radical (unpaired) electrons. The third-order valence-electron chi connectivity index (χ3n) is 2.47. The lowest BCUT2D eigenvalue weighted by Crippen LogP contribution is -2.48. The van der Waals surface area contributed by atoms with Crippen molar-refractivity contribution in [1.82, 2.24) is 15.6 Å². The van der Waals surface area contributed by atoms with E-state index in [0.29, 0.717) is 6.42 Å². The van der Waals surface area contributed by atoms with E-state index in [-0.39, 0.29) is 6.04 Å². The van der Waals surface area contributed by atoms with E-state index in [1.54, 1.807) is 11.6 Å². The molecule has 20 heavy (non-hydrogen) atoms. The van der Waals surface area contributed by atoms with Crippen molar-refractivity contribution in [2.24, 2.45) is 5.73 Å². The second-order valence-electron chi connectivity index (χ2n) is 4.01. The van der Waals surface area contributed by atoms with Crippen LogP contribution in [0.3, 0.4) is 0 Å². The Kier molecular flexibility index (Phi) is 5.91. The van der Waals surface area contributed by atoms with Crippen LogP contribution in [0.2, 0.25) is 0 Å². The molecule has 0 aliphatic rings. The number of nitrogens with two attached hydrogens (primary N) is 1. The number of carbonyl (C=O) groups is 3. The lowest BCUT2D eigenvalue weighted by molar-refractivity contribution is -0.140. The predicted molar refractivity (Wildman–Crippen MR) is 72.0 cm³/mol. The Labute approximate surface area is 119 Å². The number of carboxylic acid groups (broad SMARTS) is 1. The molecule has 2 atom stereocenters. The van der Waals surface area contributed by atoms with Crippen LogP contribution in [-0.2, 0) is 9.59 Å². The number of primary amides is 1. The quantitative estimate of drug-likeness (QED) is 0.571. The van der Waals surface area contributed by atoms with Gasteiger partial charge >= 0.3 is 12.0 Å². The maximum absolute atomic E-state index is 11.7. The number of urea groups is 1. The van der Waals surface area contributed by atoms with Gasteiger partial charge in [0.05, 0.1) is 12.5 Å². The smallest absolute Gasteiger partial charge is 0.326 e. The number of aliphatic carboxylic acids is 1. The van der Waals surface area contributed by atoms with Crippen molar-refractivity contribution >= 4 is 29.2 Å². The van der Waals surface area contributed by atoms with E-state index in [4.69, 9.17) is 10.8 Å². The molecule has 0 aromatic carbocycles. The lowest BCUT2D eigenvalue weighted by Gasteiger charge is -2.18. The molecule has 0 spiro atoms. The maximum Gasteiger partial charge on any atom is 0.326 e. The summed E-state index contributed by atoms with van der Waals surface area (Å²) >= 11 is 1.39. The number of amides is 3. The second-order valence-corrected chi connectivity index (χ2v) is 4.94. The van der Waals surface area contributed by atoms with Gasteiger partial charge in [-0.05, 0) is 6.42 Å². The number of aromatic nitrogens is 1. The van der Waals surface area contributed by atoms with Gasteiger partial charge in [0.15, 0.2) is 0 Å². The van der Waals surface area contributed by atoms with Crippen LogP contribution in [0, 0.1) is 0 Å². The van der Waals surface area contributed by atoms with Crippen LogP contribution in [0.25, 0.3) is 0 Å². The highest BCUT2D eigenvalue weighted by molar-refractivity contribution is 7.09. The normalized spacial score (nSPS) is 13.2. The first-order valence-electron chi connectivity index (χ1n) is 5.91. The minimum absolute atomic E-state index is 0.307. The zero-order chi connectivity index (χ0) is 15.1. The van der Waals surface area contributed by atoms with E-state index < -0.39 is 30.4 Å². The van der Waals surface area contributed by atoms with Crippen molar-refractivity contribution in [3.63, 3.8) is 0 Å². The Hall–Kier alpha value is -2.16. The predicted octanol–water partition coefficient (Wildman–Crippen LogP) is 0.222. The number of nitrogens with one attached hydrogen (secondary N) is 2. The first kappa shape index (κ1) is 15.9. The summed E-state index contributed by atoms with van der Waals surface area (Å²) < 4.78 is 0. The molecule has 0 saturated carbocycles. The Bertz CT molecular complexity index is 477. The average molecular weight is 300 g/mol. The minimum Gasteiger partial charge on any atom is -0.480 e. The molecule has 1 unspecified atom stereocenters. The topological polar surface area (TPSA) is 134 Å². The number of hydrogen-bond acceptors (Lipinski definition) is 5. The molecule has 110 valence electrons. The summed E-state index contributed by atoms with van der Waals surface area (Å²) in [6.07, 6.45) is 1.76. The molecule has 0 fully saturated rings. The molecule has 3 amide bonds. The van der Waals surface area contributed by atoms with Crippen molar-refractivity contribution in [3.05, 3.63) is 16.6 Å². The van der Waals surface area contributed by atoms with Crippen LogP contribution in [-0.4, -0.2) is 34.0 Å². The summed E-state index contributed by atoms with van der Waals surface area (Å²) in [4.78, 5) is 37.5. The van der Waals surface area contributed by atoms with E-state index in [1.165, 1.54) is 11.3 Å². The average Bonchev–Trinajstić information content (AvgIpc) is 2.88. The van der Waals surface area contributed by atoms with Gasteiger partial charge in [0.25, 0.3) is 0 Å². The molecule has 0 bridgehead atoms.